The number of aryl methyl sites for hydroxylation is 3. The molecule has 4 rings (SSSR count). The molecule has 1 N–H and O–H groups in total. The standard InChI is InChI=1S/C21H26N6O3/c1-25-13-15(12-23-25)21(29)27-10-11-30-18(14-27)20(28)22-9-5-8-19-24-16-6-3-4-7-17(16)26(19)2/h3-4,6-7,12-13,18H,5,8-11,14H2,1-2H3,(H,22,28). The number of imidazole rings is 1. The van der Waals surface area contributed by atoms with Gasteiger partial charge in [-0.15, -0.1) is 0 Å². The normalized spacial score (nSPS) is 16.7. The van der Waals surface area contributed by atoms with Crippen LogP contribution in [0.2, 0.25) is 0 Å². The molecule has 0 saturated carbocycles. The summed E-state index contributed by atoms with van der Waals surface area (Å²) < 4.78 is 9.26. The Labute approximate surface area is 174 Å². The van der Waals surface area contributed by atoms with Crippen LogP contribution in [0.15, 0.2) is 36.7 Å². The van der Waals surface area contributed by atoms with Gasteiger partial charge in [0.25, 0.3) is 11.8 Å². The number of hydrogen-bond donors (Lipinski definition) is 1. The molecule has 158 valence electrons. The van der Waals surface area contributed by atoms with Crippen molar-refractivity contribution in [3.63, 3.8) is 0 Å². The van der Waals surface area contributed by atoms with Gasteiger partial charge in [-0.2, -0.15) is 5.10 Å². The van der Waals surface area contributed by atoms with Gasteiger partial charge in [-0.3, -0.25) is 14.3 Å². The van der Waals surface area contributed by atoms with Crippen LogP contribution >= 0.6 is 0 Å². The molecule has 0 spiro atoms. The van der Waals surface area contributed by atoms with Crippen molar-refractivity contribution in [1.29, 1.82) is 0 Å². The van der Waals surface area contributed by atoms with Gasteiger partial charge in [-0.1, -0.05) is 12.1 Å². The molecule has 1 aromatic carbocycles. The Hall–Kier alpha value is -3.20. The number of fused-ring (bicyclic) bond motifs is 1. The van der Waals surface area contributed by atoms with Gasteiger partial charge in [0.15, 0.2) is 6.10 Å². The summed E-state index contributed by atoms with van der Waals surface area (Å²) in [6.07, 6.45) is 4.09. The maximum atomic E-state index is 12.6. The van der Waals surface area contributed by atoms with Crippen molar-refractivity contribution >= 4 is 22.8 Å². The molecule has 1 unspecified atom stereocenters. The van der Waals surface area contributed by atoms with Crippen LogP contribution in [0.3, 0.4) is 0 Å². The Bertz CT molecular complexity index is 1060. The molecule has 0 aliphatic carbocycles. The van der Waals surface area contributed by atoms with Crippen molar-refractivity contribution in [3.8, 4) is 0 Å². The highest BCUT2D eigenvalue weighted by Gasteiger charge is 2.30. The number of hydrogen-bond acceptors (Lipinski definition) is 5. The van der Waals surface area contributed by atoms with Gasteiger partial charge in [0.05, 0.1) is 35.9 Å². The highest BCUT2D eigenvalue weighted by atomic mass is 16.5. The minimum absolute atomic E-state index is 0.133. The summed E-state index contributed by atoms with van der Waals surface area (Å²) in [7, 11) is 3.77. The third-order valence-electron chi connectivity index (χ3n) is 5.35. The molecule has 0 radical (unpaired) electrons. The van der Waals surface area contributed by atoms with Gasteiger partial charge in [-0.25, -0.2) is 4.98 Å². The SMILES string of the molecule is Cn1cc(C(=O)N2CCOC(C(=O)NCCCc3nc4ccccc4n3C)C2)cn1. The maximum Gasteiger partial charge on any atom is 0.257 e. The van der Waals surface area contributed by atoms with Crippen molar-refractivity contribution in [2.45, 2.75) is 18.9 Å². The fourth-order valence-corrected chi connectivity index (χ4v) is 3.70. The monoisotopic (exact) mass is 410 g/mol. The third kappa shape index (κ3) is 4.20. The number of nitrogens with zero attached hydrogens (tertiary/aromatic N) is 5. The van der Waals surface area contributed by atoms with E-state index in [1.165, 1.54) is 6.20 Å². The number of para-hydroxylation sites is 2. The number of amides is 2. The topological polar surface area (TPSA) is 94.3 Å². The van der Waals surface area contributed by atoms with Crippen LogP contribution in [0.5, 0.6) is 0 Å². The second-order valence-electron chi connectivity index (χ2n) is 7.48. The largest absolute Gasteiger partial charge is 0.365 e. The average molecular weight is 410 g/mol. The van der Waals surface area contributed by atoms with E-state index in [1.807, 2.05) is 31.3 Å². The Balaban J connectivity index is 1.26. The van der Waals surface area contributed by atoms with Crippen molar-refractivity contribution in [3.05, 3.63) is 48.0 Å². The Morgan fingerprint density at radius 1 is 1.27 bits per heavy atom. The van der Waals surface area contributed by atoms with Gasteiger partial charge < -0.3 is 19.5 Å². The van der Waals surface area contributed by atoms with E-state index in [-0.39, 0.29) is 18.4 Å². The van der Waals surface area contributed by atoms with Gasteiger partial charge in [0.1, 0.15) is 5.82 Å². The Morgan fingerprint density at radius 3 is 2.87 bits per heavy atom. The first-order valence-corrected chi connectivity index (χ1v) is 10.1. The van der Waals surface area contributed by atoms with Crippen molar-refractivity contribution in [2.75, 3.05) is 26.2 Å². The van der Waals surface area contributed by atoms with Crippen LogP contribution in [0.25, 0.3) is 11.0 Å². The van der Waals surface area contributed by atoms with Gasteiger partial charge in [0, 0.05) is 39.8 Å². The Morgan fingerprint density at radius 2 is 2.10 bits per heavy atom. The number of morpholine rings is 1. The highest BCUT2D eigenvalue weighted by molar-refractivity contribution is 5.94. The molecule has 0 bridgehead atoms. The molecule has 1 aliphatic heterocycles. The van der Waals surface area contributed by atoms with Crippen LogP contribution in [0.1, 0.15) is 22.6 Å². The molecule has 9 nitrogen and oxygen atoms in total. The summed E-state index contributed by atoms with van der Waals surface area (Å²) in [4.78, 5) is 31.4. The molecule has 9 heteroatoms. The average Bonchev–Trinajstić information content (AvgIpc) is 3.34. The summed E-state index contributed by atoms with van der Waals surface area (Å²) in [5, 5.41) is 6.96. The number of nitrogens with one attached hydrogen (secondary N) is 1. The molecule has 2 amide bonds. The first kappa shape index (κ1) is 20.1. The Kier molecular flexibility index (Phi) is 5.80. The zero-order valence-electron chi connectivity index (χ0n) is 17.2. The third-order valence-corrected chi connectivity index (χ3v) is 5.35. The number of aromatic nitrogens is 4. The summed E-state index contributed by atoms with van der Waals surface area (Å²) in [6, 6.07) is 8.03. The second kappa shape index (κ2) is 8.66. The lowest BCUT2D eigenvalue weighted by molar-refractivity contribution is -0.137. The van der Waals surface area contributed by atoms with Crippen LogP contribution < -0.4 is 5.32 Å². The van der Waals surface area contributed by atoms with E-state index in [2.05, 4.69) is 20.0 Å². The maximum absolute atomic E-state index is 12.6. The number of carbonyl (C=O) groups excluding carboxylic acids is 2. The molecule has 1 saturated heterocycles. The van der Waals surface area contributed by atoms with Crippen LogP contribution in [-0.4, -0.2) is 68.4 Å². The first-order valence-electron chi connectivity index (χ1n) is 10.1. The van der Waals surface area contributed by atoms with Gasteiger partial charge in [0.2, 0.25) is 0 Å². The summed E-state index contributed by atoms with van der Waals surface area (Å²) >= 11 is 0. The molecular formula is C21H26N6O3. The molecule has 1 fully saturated rings. The number of benzene rings is 1. The van der Waals surface area contributed by atoms with E-state index in [0.717, 1.165) is 29.7 Å². The zero-order chi connectivity index (χ0) is 21.1. The lowest BCUT2D eigenvalue weighted by atomic mass is 10.2. The summed E-state index contributed by atoms with van der Waals surface area (Å²) in [5.41, 5.74) is 2.60. The van der Waals surface area contributed by atoms with E-state index < -0.39 is 6.10 Å². The molecule has 3 heterocycles. The van der Waals surface area contributed by atoms with Crippen molar-refractivity contribution < 1.29 is 14.3 Å². The predicted octanol–water partition coefficient (Wildman–Crippen LogP) is 0.897. The van der Waals surface area contributed by atoms with E-state index in [0.29, 0.717) is 25.3 Å². The summed E-state index contributed by atoms with van der Waals surface area (Å²) in [5.74, 6) is 0.669. The van der Waals surface area contributed by atoms with Crippen molar-refractivity contribution in [1.82, 2.24) is 29.5 Å². The fraction of sp³-hybridized carbons (Fsp3) is 0.429. The van der Waals surface area contributed by atoms with Crippen molar-refractivity contribution in [2.24, 2.45) is 14.1 Å². The minimum Gasteiger partial charge on any atom is -0.365 e. The molecule has 1 atom stereocenters. The first-order chi connectivity index (χ1) is 14.5. The smallest absolute Gasteiger partial charge is 0.257 e. The van der Waals surface area contributed by atoms with Crippen LogP contribution in [0, 0.1) is 0 Å². The molecule has 3 aromatic rings. The van der Waals surface area contributed by atoms with Gasteiger partial charge >= 0.3 is 0 Å². The fourth-order valence-electron chi connectivity index (χ4n) is 3.70. The van der Waals surface area contributed by atoms with Crippen LogP contribution in [-0.2, 0) is 30.0 Å². The quantitative estimate of drug-likeness (QED) is 0.610. The highest BCUT2D eigenvalue weighted by Crippen LogP contribution is 2.15. The molecular weight excluding hydrogens is 384 g/mol. The van der Waals surface area contributed by atoms with Gasteiger partial charge in [-0.05, 0) is 18.6 Å². The molecule has 30 heavy (non-hydrogen) atoms. The van der Waals surface area contributed by atoms with E-state index in [4.69, 9.17) is 4.74 Å². The van der Waals surface area contributed by atoms with Crippen LogP contribution in [0.4, 0.5) is 0 Å². The van der Waals surface area contributed by atoms with E-state index in [9.17, 15) is 9.59 Å². The number of rotatable bonds is 6. The number of ether oxygens (including phenoxy) is 1. The minimum atomic E-state index is -0.657. The predicted molar refractivity (Wildman–Crippen MR) is 111 cm³/mol. The lowest BCUT2D eigenvalue weighted by Gasteiger charge is -2.32. The summed E-state index contributed by atoms with van der Waals surface area (Å²) in [6.45, 7) is 1.57. The van der Waals surface area contributed by atoms with E-state index >= 15 is 0 Å². The van der Waals surface area contributed by atoms with E-state index in [1.54, 1.807) is 22.8 Å². The molecule has 2 aromatic heterocycles. The molecule has 1 aliphatic rings. The second-order valence-corrected chi connectivity index (χ2v) is 7.48. The lowest BCUT2D eigenvalue weighted by Crippen LogP contribution is -2.51. The number of carbonyl (C=O) groups is 2. The zero-order valence-corrected chi connectivity index (χ0v) is 17.2.